The summed E-state index contributed by atoms with van der Waals surface area (Å²) in [6.07, 6.45) is 4.33. The second-order valence-corrected chi connectivity index (χ2v) is 5.29. The Morgan fingerprint density at radius 3 is 2.82 bits per heavy atom. The maximum Gasteiger partial charge on any atom is 0.128 e. The molecular formula is C13H21BrN2O. The number of pyridine rings is 1. The van der Waals surface area contributed by atoms with E-state index in [4.69, 9.17) is 4.74 Å². The highest BCUT2D eigenvalue weighted by atomic mass is 79.9. The number of aryl methyl sites for hydroxylation is 1. The summed E-state index contributed by atoms with van der Waals surface area (Å²) in [5.74, 6) is 0.970. The highest BCUT2D eigenvalue weighted by Crippen LogP contribution is 2.16. The van der Waals surface area contributed by atoms with E-state index in [0.29, 0.717) is 6.10 Å². The van der Waals surface area contributed by atoms with Gasteiger partial charge in [-0.3, -0.25) is 0 Å². The van der Waals surface area contributed by atoms with Crippen LogP contribution in [0.15, 0.2) is 16.7 Å². The van der Waals surface area contributed by atoms with E-state index in [0.717, 1.165) is 41.8 Å². The van der Waals surface area contributed by atoms with Crippen molar-refractivity contribution in [2.75, 3.05) is 18.5 Å². The summed E-state index contributed by atoms with van der Waals surface area (Å²) >= 11 is 3.41. The fourth-order valence-corrected chi connectivity index (χ4v) is 1.92. The van der Waals surface area contributed by atoms with Crippen molar-refractivity contribution < 1.29 is 4.74 Å². The second-order valence-electron chi connectivity index (χ2n) is 4.37. The SMILES string of the molecule is Cc1cc(Br)cnc1NCCCCOC(C)C. The lowest BCUT2D eigenvalue weighted by Gasteiger charge is -2.09. The van der Waals surface area contributed by atoms with Gasteiger partial charge in [0.25, 0.3) is 0 Å². The van der Waals surface area contributed by atoms with Crippen molar-refractivity contribution in [2.24, 2.45) is 0 Å². The lowest BCUT2D eigenvalue weighted by atomic mass is 10.2. The Bertz CT molecular complexity index is 342. The van der Waals surface area contributed by atoms with Gasteiger partial charge in [0.15, 0.2) is 0 Å². The van der Waals surface area contributed by atoms with Crippen molar-refractivity contribution in [3.8, 4) is 0 Å². The molecule has 0 bridgehead atoms. The summed E-state index contributed by atoms with van der Waals surface area (Å²) in [7, 11) is 0. The van der Waals surface area contributed by atoms with E-state index in [1.807, 2.05) is 6.20 Å². The molecule has 1 rings (SSSR count). The predicted molar refractivity (Wildman–Crippen MR) is 75.5 cm³/mol. The Balaban J connectivity index is 2.18. The molecule has 1 heterocycles. The third-order valence-electron chi connectivity index (χ3n) is 2.36. The summed E-state index contributed by atoms with van der Waals surface area (Å²) < 4.78 is 6.50. The van der Waals surface area contributed by atoms with Crippen LogP contribution in [-0.2, 0) is 4.74 Å². The zero-order valence-electron chi connectivity index (χ0n) is 10.8. The van der Waals surface area contributed by atoms with Crippen molar-refractivity contribution in [3.05, 3.63) is 22.3 Å². The summed E-state index contributed by atoms with van der Waals surface area (Å²) in [5, 5.41) is 3.34. The van der Waals surface area contributed by atoms with E-state index < -0.39 is 0 Å². The molecule has 0 radical (unpaired) electrons. The first-order chi connectivity index (χ1) is 8.09. The van der Waals surface area contributed by atoms with Crippen LogP contribution in [0.4, 0.5) is 5.82 Å². The first-order valence-electron chi connectivity index (χ1n) is 6.07. The third-order valence-corrected chi connectivity index (χ3v) is 2.79. The monoisotopic (exact) mass is 300 g/mol. The zero-order valence-corrected chi connectivity index (χ0v) is 12.4. The van der Waals surface area contributed by atoms with Crippen molar-refractivity contribution in [2.45, 2.75) is 39.7 Å². The van der Waals surface area contributed by atoms with Gasteiger partial charge in [-0.05, 0) is 61.2 Å². The topological polar surface area (TPSA) is 34.2 Å². The summed E-state index contributed by atoms with van der Waals surface area (Å²) in [5.41, 5.74) is 1.16. The maximum atomic E-state index is 5.48. The molecular weight excluding hydrogens is 280 g/mol. The molecule has 0 aliphatic carbocycles. The number of hydrogen-bond donors (Lipinski definition) is 1. The van der Waals surface area contributed by atoms with Crippen molar-refractivity contribution in [1.82, 2.24) is 4.98 Å². The molecule has 3 nitrogen and oxygen atoms in total. The lowest BCUT2D eigenvalue weighted by molar-refractivity contribution is 0.0765. The molecule has 0 amide bonds. The number of rotatable bonds is 7. The fourth-order valence-electron chi connectivity index (χ4n) is 1.48. The largest absolute Gasteiger partial charge is 0.379 e. The molecule has 0 atom stereocenters. The Hall–Kier alpha value is -0.610. The number of aromatic nitrogens is 1. The predicted octanol–water partition coefficient (Wildman–Crippen LogP) is 3.77. The molecule has 4 heteroatoms. The number of nitrogens with zero attached hydrogens (tertiary/aromatic N) is 1. The van der Waals surface area contributed by atoms with Crippen LogP contribution in [0, 0.1) is 6.92 Å². The highest BCUT2D eigenvalue weighted by Gasteiger charge is 1.99. The Morgan fingerprint density at radius 2 is 2.18 bits per heavy atom. The molecule has 0 aromatic carbocycles. The van der Waals surface area contributed by atoms with E-state index in [2.05, 4.69) is 53.1 Å². The van der Waals surface area contributed by atoms with Gasteiger partial charge in [-0.1, -0.05) is 0 Å². The van der Waals surface area contributed by atoms with Gasteiger partial charge in [0.05, 0.1) is 6.10 Å². The molecule has 1 N–H and O–H groups in total. The number of hydrogen-bond acceptors (Lipinski definition) is 3. The van der Waals surface area contributed by atoms with Crippen LogP contribution in [0.25, 0.3) is 0 Å². The molecule has 0 saturated heterocycles. The van der Waals surface area contributed by atoms with Gasteiger partial charge in [0.2, 0.25) is 0 Å². The van der Waals surface area contributed by atoms with Crippen LogP contribution in [-0.4, -0.2) is 24.2 Å². The van der Waals surface area contributed by atoms with Crippen LogP contribution in [0.3, 0.4) is 0 Å². The highest BCUT2D eigenvalue weighted by molar-refractivity contribution is 9.10. The van der Waals surface area contributed by atoms with Crippen molar-refractivity contribution in [3.63, 3.8) is 0 Å². The Kier molecular flexibility index (Phi) is 6.52. The fraction of sp³-hybridized carbons (Fsp3) is 0.615. The molecule has 17 heavy (non-hydrogen) atoms. The van der Waals surface area contributed by atoms with Crippen LogP contribution < -0.4 is 5.32 Å². The standard InChI is InChI=1S/C13H21BrN2O/c1-10(2)17-7-5-4-6-15-13-11(3)8-12(14)9-16-13/h8-10H,4-7H2,1-3H3,(H,15,16). The zero-order chi connectivity index (χ0) is 12.7. The van der Waals surface area contributed by atoms with Gasteiger partial charge in [-0.15, -0.1) is 0 Å². The summed E-state index contributed by atoms with van der Waals surface area (Å²) in [6, 6.07) is 2.07. The first-order valence-corrected chi connectivity index (χ1v) is 6.86. The van der Waals surface area contributed by atoms with Crippen LogP contribution in [0.5, 0.6) is 0 Å². The minimum absolute atomic E-state index is 0.332. The van der Waals surface area contributed by atoms with Gasteiger partial charge < -0.3 is 10.1 Å². The first kappa shape index (κ1) is 14.5. The van der Waals surface area contributed by atoms with Gasteiger partial charge >= 0.3 is 0 Å². The lowest BCUT2D eigenvalue weighted by Crippen LogP contribution is -2.08. The summed E-state index contributed by atoms with van der Waals surface area (Å²) in [4.78, 5) is 4.33. The smallest absolute Gasteiger partial charge is 0.128 e. The minimum Gasteiger partial charge on any atom is -0.379 e. The second kappa shape index (κ2) is 7.67. The Labute approximate surface area is 112 Å². The molecule has 0 fully saturated rings. The minimum atomic E-state index is 0.332. The number of ether oxygens (including phenoxy) is 1. The molecule has 1 aromatic rings. The van der Waals surface area contributed by atoms with Gasteiger partial charge in [-0.2, -0.15) is 0 Å². The molecule has 1 aromatic heterocycles. The van der Waals surface area contributed by atoms with E-state index >= 15 is 0 Å². The molecule has 0 spiro atoms. The van der Waals surface area contributed by atoms with Crippen molar-refractivity contribution >= 4 is 21.7 Å². The number of nitrogens with one attached hydrogen (secondary N) is 1. The number of halogens is 1. The van der Waals surface area contributed by atoms with Gasteiger partial charge in [0.1, 0.15) is 5.82 Å². The van der Waals surface area contributed by atoms with Crippen LogP contribution in [0.1, 0.15) is 32.3 Å². The molecule has 0 aliphatic rings. The van der Waals surface area contributed by atoms with E-state index in [1.165, 1.54) is 0 Å². The third kappa shape index (κ3) is 6.03. The van der Waals surface area contributed by atoms with Crippen molar-refractivity contribution in [1.29, 1.82) is 0 Å². The number of unbranched alkanes of at least 4 members (excludes halogenated alkanes) is 1. The molecule has 0 aliphatic heterocycles. The van der Waals surface area contributed by atoms with Crippen LogP contribution >= 0.6 is 15.9 Å². The maximum absolute atomic E-state index is 5.48. The quantitative estimate of drug-likeness (QED) is 0.778. The van der Waals surface area contributed by atoms with Crippen LogP contribution in [0.2, 0.25) is 0 Å². The normalized spacial score (nSPS) is 10.9. The summed E-state index contributed by atoms with van der Waals surface area (Å²) in [6.45, 7) is 7.96. The van der Waals surface area contributed by atoms with Gasteiger partial charge in [0, 0.05) is 23.8 Å². The molecule has 0 saturated carbocycles. The molecule has 96 valence electrons. The number of anilines is 1. The van der Waals surface area contributed by atoms with E-state index in [-0.39, 0.29) is 0 Å². The van der Waals surface area contributed by atoms with E-state index in [9.17, 15) is 0 Å². The van der Waals surface area contributed by atoms with Gasteiger partial charge in [-0.25, -0.2) is 4.98 Å². The molecule has 0 unspecified atom stereocenters. The Morgan fingerprint density at radius 1 is 1.41 bits per heavy atom. The van der Waals surface area contributed by atoms with E-state index in [1.54, 1.807) is 0 Å². The average Bonchev–Trinajstić information content (AvgIpc) is 2.25. The average molecular weight is 301 g/mol.